The van der Waals surface area contributed by atoms with Gasteiger partial charge in [0.05, 0.1) is 5.75 Å². The molecule has 0 aliphatic heterocycles. The Kier molecular flexibility index (Phi) is 6.18. The minimum absolute atomic E-state index is 0.200. The van der Waals surface area contributed by atoms with E-state index < -0.39 is 12.0 Å². The number of aliphatic carboxylic acids is 1. The fourth-order valence-electron chi connectivity index (χ4n) is 1.57. The molecule has 1 atom stereocenters. The quantitative estimate of drug-likeness (QED) is 0.821. The maximum atomic E-state index is 11.9. The van der Waals surface area contributed by atoms with Crippen molar-refractivity contribution in [1.82, 2.24) is 4.90 Å². The fourth-order valence-corrected chi connectivity index (χ4v) is 2.51. The maximum Gasteiger partial charge on any atom is 0.326 e. The van der Waals surface area contributed by atoms with Gasteiger partial charge in [0.2, 0.25) is 5.91 Å². The monoisotopic (exact) mass is 301 g/mol. The zero-order valence-corrected chi connectivity index (χ0v) is 12.4. The number of carbonyl (C=O) groups excluding carboxylic acids is 1. The normalized spacial score (nSPS) is 11.9. The molecule has 0 saturated carbocycles. The van der Waals surface area contributed by atoms with Gasteiger partial charge in [0.25, 0.3) is 0 Å². The van der Waals surface area contributed by atoms with E-state index >= 15 is 0 Å². The first kappa shape index (κ1) is 15.9. The molecule has 0 aromatic heterocycles. The summed E-state index contributed by atoms with van der Waals surface area (Å²) < 4.78 is 0. The predicted octanol–water partition coefficient (Wildman–Crippen LogP) is 2.75. The van der Waals surface area contributed by atoms with Gasteiger partial charge in [-0.05, 0) is 30.7 Å². The Balaban J connectivity index is 2.55. The van der Waals surface area contributed by atoms with Crippen molar-refractivity contribution in [1.29, 1.82) is 0 Å². The van der Waals surface area contributed by atoms with Crippen LogP contribution in [0, 0.1) is 0 Å². The summed E-state index contributed by atoms with van der Waals surface area (Å²) >= 11 is 7.13. The third-order valence-corrected chi connectivity index (χ3v) is 3.96. The van der Waals surface area contributed by atoms with Gasteiger partial charge in [0, 0.05) is 17.0 Å². The molecule has 1 N–H and O–H groups in total. The molecule has 6 heteroatoms. The smallest absolute Gasteiger partial charge is 0.326 e. The van der Waals surface area contributed by atoms with Gasteiger partial charge < -0.3 is 10.0 Å². The van der Waals surface area contributed by atoms with E-state index in [1.165, 1.54) is 23.7 Å². The number of carboxylic acid groups (broad SMARTS) is 1. The minimum atomic E-state index is -0.977. The van der Waals surface area contributed by atoms with Crippen LogP contribution in [0.3, 0.4) is 0 Å². The third-order valence-electron chi connectivity index (χ3n) is 2.71. The number of hydrogen-bond donors (Lipinski definition) is 1. The van der Waals surface area contributed by atoms with Crippen LogP contribution in [0.15, 0.2) is 29.2 Å². The molecule has 1 unspecified atom stereocenters. The molecule has 0 heterocycles. The van der Waals surface area contributed by atoms with Crippen molar-refractivity contribution in [2.24, 2.45) is 0 Å². The van der Waals surface area contributed by atoms with Crippen LogP contribution in [-0.2, 0) is 9.59 Å². The lowest BCUT2D eigenvalue weighted by Crippen LogP contribution is -2.42. The second-order valence-corrected chi connectivity index (χ2v) is 5.49. The van der Waals surface area contributed by atoms with Crippen LogP contribution in [0.5, 0.6) is 0 Å². The Hall–Kier alpha value is -1.20. The molecular formula is C13H16ClNO3S. The Morgan fingerprint density at radius 2 is 1.95 bits per heavy atom. The lowest BCUT2D eigenvalue weighted by molar-refractivity contribution is -0.148. The first-order valence-corrected chi connectivity index (χ1v) is 7.19. The molecule has 1 aromatic rings. The summed E-state index contributed by atoms with van der Waals surface area (Å²) in [4.78, 5) is 25.1. The molecule has 1 rings (SSSR count). The van der Waals surface area contributed by atoms with E-state index in [9.17, 15) is 9.59 Å². The zero-order chi connectivity index (χ0) is 14.4. The number of hydrogen-bond acceptors (Lipinski definition) is 3. The van der Waals surface area contributed by atoms with Crippen molar-refractivity contribution in [3.63, 3.8) is 0 Å². The highest BCUT2D eigenvalue weighted by Crippen LogP contribution is 2.21. The number of likely N-dealkylation sites (N-methyl/N-ethyl adjacent to an activating group) is 1. The van der Waals surface area contributed by atoms with Gasteiger partial charge in [-0.15, -0.1) is 11.8 Å². The number of amides is 1. The summed E-state index contributed by atoms with van der Waals surface area (Å²) in [5.74, 6) is -0.967. The SMILES string of the molecule is CCC(C(=O)O)N(C)C(=O)CSc1ccc(Cl)cc1. The number of carbonyl (C=O) groups is 2. The lowest BCUT2D eigenvalue weighted by atomic mass is 10.2. The lowest BCUT2D eigenvalue weighted by Gasteiger charge is -2.23. The molecule has 4 nitrogen and oxygen atoms in total. The van der Waals surface area contributed by atoms with Crippen LogP contribution in [0.4, 0.5) is 0 Å². The van der Waals surface area contributed by atoms with Crippen LogP contribution in [0.25, 0.3) is 0 Å². The van der Waals surface area contributed by atoms with Gasteiger partial charge in [-0.2, -0.15) is 0 Å². The standard InChI is InChI=1S/C13H16ClNO3S/c1-3-11(13(17)18)15(2)12(16)8-19-10-6-4-9(14)5-7-10/h4-7,11H,3,8H2,1-2H3,(H,17,18). The molecule has 104 valence electrons. The van der Waals surface area contributed by atoms with E-state index in [0.717, 1.165) is 4.90 Å². The summed E-state index contributed by atoms with van der Waals surface area (Å²) in [7, 11) is 1.52. The number of halogens is 1. The maximum absolute atomic E-state index is 11.9. The highest BCUT2D eigenvalue weighted by atomic mass is 35.5. The first-order chi connectivity index (χ1) is 8.95. The van der Waals surface area contributed by atoms with Crippen molar-refractivity contribution in [2.75, 3.05) is 12.8 Å². The second kappa shape index (κ2) is 7.40. The van der Waals surface area contributed by atoms with Crippen molar-refractivity contribution < 1.29 is 14.7 Å². The zero-order valence-electron chi connectivity index (χ0n) is 10.8. The highest BCUT2D eigenvalue weighted by Gasteiger charge is 2.24. The van der Waals surface area contributed by atoms with E-state index in [2.05, 4.69) is 0 Å². The molecule has 0 spiro atoms. The van der Waals surface area contributed by atoms with Gasteiger partial charge >= 0.3 is 5.97 Å². The van der Waals surface area contributed by atoms with E-state index in [-0.39, 0.29) is 11.7 Å². The van der Waals surface area contributed by atoms with E-state index in [4.69, 9.17) is 16.7 Å². The molecule has 1 aromatic carbocycles. The second-order valence-electron chi connectivity index (χ2n) is 4.01. The molecule has 1 amide bonds. The molecular weight excluding hydrogens is 286 g/mol. The molecule has 0 bridgehead atoms. The van der Waals surface area contributed by atoms with E-state index in [0.29, 0.717) is 11.4 Å². The van der Waals surface area contributed by atoms with Crippen LogP contribution in [0.2, 0.25) is 5.02 Å². The summed E-state index contributed by atoms with van der Waals surface area (Å²) in [6.07, 6.45) is 0.392. The van der Waals surface area contributed by atoms with Crippen molar-refractivity contribution in [3.8, 4) is 0 Å². The number of nitrogens with zero attached hydrogens (tertiary/aromatic N) is 1. The van der Waals surface area contributed by atoms with Crippen LogP contribution >= 0.6 is 23.4 Å². The summed E-state index contributed by atoms with van der Waals surface area (Å²) in [6.45, 7) is 1.74. The van der Waals surface area contributed by atoms with Crippen LogP contribution < -0.4 is 0 Å². The molecule has 0 radical (unpaired) electrons. The van der Waals surface area contributed by atoms with Crippen LogP contribution in [-0.4, -0.2) is 40.7 Å². The Morgan fingerprint density at radius 1 is 1.37 bits per heavy atom. The Bertz CT molecular complexity index is 450. The van der Waals surface area contributed by atoms with Gasteiger partial charge in [-0.25, -0.2) is 4.79 Å². The third kappa shape index (κ3) is 4.76. The molecule has 19 heavy (non-hydrogen) atoms. The van der Waals surface area contributed by atoms with E-state index in [1.54, 1.807) is 19.1 Å². The average molecular weight is 302 g/mol. The molecule has 0 saturated heterocycles. The first-order valence-electron chi connectivity index (χ1n) is 5.82. The van der Waals surface area contributed by atoms with Gasteiger partial charge in [-0.3, -0.25) is 4.79 Å². The van der Waals surface area contributed by atoms with Crippen molar-refractivity contribution in [3.05, 3.63) is 29.3 Å². The van der Waals surface area contributed by atoms with Crippen LogP contribution in [0.1, 0.15) is 13.3 Å². The van der Waals surface area contributed by atoms with Gasteiger partial charge in [0.1, 0.15) is 6.04 Å². The highest BCUT2D eigenvalue weighted by molar-refractivity contribution is 8.00. The average Bonchev–Trinajstić information content (AvgIpc) is 2.38. The summed E-state index contributed by atoms with van der Waals surface area (Å²) in [5, 5.41) is 9.64. The fraction of sp³-hybridized carbons (Fsp3) is 0.385. The summed E-state index contributed by atoms with van der Waals surface area (Å²) in [5.41, 5.74) is 0. The van der Waals surface area contributed by atoms with E-state index in [1.807, 2.05) is 12.1 Å². The molecule has 0 fully saturated rings. The minimum Gasteiger partial charge on any atom is -0.480 e. The van der Waals surface area contributed by atoms with Gasteiger partial charge in [-0.1, -0.05) is 18.5 Å². The predicted molar refractivity (Wildman–Crippen MR) is 76.7 cm³/mol. The van der Waals surface area contributed by atoms with Crippen molar-refractivity contribution >= 4 is 35.2 Å². The number of rotatable bonds is 6. The number of thioether (sulfide) groups is 1. The van der Waals surface area contributed by atoms with Crippen molar-refractivity contribution in [2.45, 2.75) is 24.3 Å². The Labute approximate surface area is 121 Å². The Morgan fingerprint density at radius 3 is 2.42 bits per heavy atom. The molecule has 0 aliphatic rings. The van der Waals surface area contributed by atoms with Gasteiger partial charge in [0.15, 0.2) is 0 Å². The number of benzene rings is 1. The topological polar surface area (TPSA) is 57.6 Å². The number of carboxylic acids is 1. The largest absolute Gasteiger partial charge is 0.480 e. The summed E-state index contributed by atoms with van der Waals surface area (Å²) in [6, 6.07) is 6.40. The molecule has 0 aliphatic carbocycles.